The summed E-state index contributed by atoms with van der Waals surface area (Å²) in [6.07, 6.45) is 0.679. The number of aliphatic carboxylic acids is 1. The maximum absolute atomic E-state index is 14.9. The van der Waals surface area contributed by atoms with Crippen molar-refractivity contribution in [2.24, 2.45) is 11.3 Å². The number of hydrogen-bond donors (Lipinski definition) is 3. The molecule has 17 heteroatoms. The lowest BCUT2D eigenvalue weighted by Gasteiger charge is -2.40. The highest BCUT2D eigenvalue weighted by Gasteiger charge is 2.67. The molecule has 0 aromatic heterocycles. The molecule has 2 amide bonds. The normalized spacial score (nSPS) is 25.3. The van der Waals surface area contributed by atoms with E-state index in [0.29, 0.717) is 31.7 Å². The van der Waals surface area contributed by atoms with E-state index in [1.54, 1.807) is 6.92 Å². The maximum atomic E-state index is 14.9. The third kappa shape index (κ3) is 7.92. The molecule has 3 N–H and O–H groups in total. The topological polar surface area (TPSA) is 123 Å². The first-order valence-electron chi connectivity index (χ1n) is 13.7. The second-order valence-corrected chi connectivity index (χ2v) is 13.7. The van der Waals surface area contributed by atoms with Gasteiger partial charge in [0, 0.05) is 18.4 Å². The zero-order valence-electron chi connectivity index (χ0n) is 24.0. The quantitative estimate of drug-likeness (QED) is 0.250. The first-order valence-corrected chi connectivity index (χ1v) is 15.7. The number of carbonyl (C=O) groups is 3. The molecule has 2 aromatic carbocycles. The molecular formula is C28H31F7N2O7S. The van der Waals surface area contributed by atoms with Gasteiger partial charge in [0.05, 0.1) is 42.8 Å². The Hall–Kier alpha value is -3.73. The highest BCUT2D eigenvalue weighted by molar-refractivity contribution is 8.45. The number of carboxylic acid groups (broad SMARTS) is 1. The number of nitrogens with one attached hydrogen (secondary N) is 2. The molecule has 0 spiro atoms. The Bertz CT molecular complexity index is 1500. The molecule has 9 nitrogen and oxygen atoms in total. The van der Waals surface area contributed by atoms with Gasteiger partial charge in [0.2, 0.25) is 5.91 Å². The van der Waals surface area contributed by atoms with Crippen LogP contribution in [0.25, 0.3) is 0 Å². The van der Waals surface area contributed by atoms with Crippen LogP contribution >= 0.6 is 10.2 Å². The molecule has 1 saturated carbocycles. The van der Waals surface area contributed by atoms with E-state index in [1.165, 1.54) is 7.11 Å². The Balaban J connectivity index is 1.50. The molecule has 1 aliphatic carbocycles. The molecule has 2 atom stereocenters. The van der Waals surface area contributed by atoms with Gasteiger partial charge in [-0.15, -0.1) is 0 Å². The predicted molar refractivity (Wildman–Crippen MR) is 148 cm³/mol. The number of hydrogen-bond acceptors (Lipinski definition) is 6. The first kappa shape index (κ1) is 34.1. The molecule has 1 aliphatic heterocycles. The third-order valence-electron chi connectivity index (χ3n) is 7.97. The van der Waals surface area contributed by atoms with Gasteiger partial charge in [-0.3, -0.25) is 14.4 Å². The van der Waals surface area contributed by atoms with Gasteiger partial charge < -0.3 is 30.0 Å². The molecule has 1 saturated heterocycles. The number of methoxy groups -OCH3 is 1. The van der Waals surface area contributed by atoms with Crippen LogP contribution in [0.15, 0.2) is 35.2 Å². The van der Waals surface area contributed by atoms with E-state index < -0.39 is 73.7 Å². The summed E-state index contributed by atoms with van der Waals surface area (Å²) in [5.74, 6) is -7.41. The van der Waals surface area contributed by atoms with Crippen LogP contribution in [0.1, 0.15) is 49.4 Å². The fraction of sp³-hybridized carbons (Fsp3) is 0.464. The van der Waals surface area contributed by atoms with Crippen LogP contribution in [0.4, 0.5) is 33.9 Å². The molecule has 4 rings (SSSR count). The van der Waals surface area contributed by atoms with Gasteiger partial charge in [-0.05, 0) is 63.3 Å². The van der Waals surface area contributed by atoms with Crippen LogP contribution in [-0.4, -0.2) is 55.4 Å². The largest absolute Gasteiger partial charge is 0.496 e. The minimum absolute atomic E-state index is 0.0186. The standard InChI is InChI=1S/C28H31F7N2O7S/c1-28(27(40)41)8-5-16(6-9-28)44-23-12-18(22(42-2)13-20(23)30)26(39)37-21-14-43-10-7-17(21)25(38)36-15-3-4-19(29)24(11-15)45(31,32,33,34)35/h3-4,11-13,16-17,21H,5-10,14H2,1-2H3,(H,36,38)(H,37,39)(H,40,41)/t16-,17-,21+,28+/m0/s1. The van der Waals surface area contributed by atoms with E-state index in [-0.39, 0.29) is 48.8 Å². The predicted octanol–water partition coefficient (Wildman–Crippen LogP) is 6.82. The zero-order chi connectivity index (χ0) is 33.4. The van der Waals surface area contributed by atoms with Crippen molar-refractivity contribution in [3.63, 3.8) is 0 Å². The number of halogens is 7. The van der Waals surface area contributed by atoms with Gasteiger partial charge >= 0.3 is 16.2 Å². The second kappa shape index (κ2) is 11.6. The highest BCUT2D eigenvalue weighted by atomic mass is 32.5. The van der Waals surface area contributed by atoms with Gasteiger partial charge in [-0.25, -0.2) is 8.78 Å². The van der Waals surface area contributed by atoms with Crippen molar-refractivity contribution in [1.82, 2.24) is 5.32 Å². The summed E-state index contributed by atoms with van der Waals surface area (Å²) in [6, 6.07) is 1.58. The van der Waals surface area contributed by atoms with Gasteiger partial charge in [0.25, 0.3) is 5.91 Å². The van der Waals surface area contributed by atoms with Crippen molar-refractivity contribution in [3.05, 3.63) is 47.5 Å². The summed E-state index contributed by atoms with van der Waals surface area (Å²) < 4.78 is 111. The lowest BCUT2D eigenvalue weighted by atomic mass is 9.75. The average molecular weight is 673 g/mol. The fourth-order valence-electron chi connectivity index (χ4n) is 5.26. The Morgan fingerprint density at radius 3 is 2.24 bits per heavy atom. The van der Waals surface area contributed by atoms with E-state index in [4.69, 9.17) is 14.2 Å². The Morgan fingerprint density at radius 2 is 1.64 bits per heavy atom. The van der Waals surface area contributed by atoms with E-state index in [0.717, 1.165) is 12.1 Å². The minimum atomic E-state index is -10.4. The molecule has 0 bridgehead atoms. The van der Waals surface area contributed by atoms with E-state index in [2.05, 4.69) is 10.6 Å². The summed E-state index contributed by atoms with van der Waals surface area (Å²) in [7, 11) is -9.23. The third-order valence-corrected chi connectivity index (χ3v) is 9.11. The van der Waals surface area contributed by atoms with Crippen molar-refractivity contribution in [2.45, 2.75) is 56.1 Å². The summed E-state index contributed by atoms with van der Waals surface area (Å²) in [5.41, 5.74) is -1.86. The van der Waals surface area contributed by atoms with E-state index >= 15 is 0 Å². The van der Waals surface area contributed by atoms with Crippen LogP contribution in [0.2, 0.25) is 0 Å². The van der Waals surface area contributed by atoms with Crippen LogP contribution in [0.5, 0.6) is 11.5 Å². The number of carbonyl (C=O) groups excluding carboxylic acids is 2. The van der Waals surface area contributed by atoms with Crippen molar-refractivity contribution in [3.8, 4) is 11.5 Å². The smallest absolute Gasteiger partial charge is 0.313 e. The number of amides is 2. The lowest BCUT2D eigenvalue weighted by Crippen LogP contribution is -2.50. The number of carboxylic acids is 1. The summed E-state index contributed by atoms with van der Waals surface area (Å²) in [4.78, 5) is 35.1. The Labute approximate surface area is 253 Å². The molecule has 0 radical (unpaired) electrons. The van der Waals surface area contributed by atoms with Gasteiger partial charge in [0.15, 0.2) is 11.6 Å². The van der Waals surface area contributed by atoms with Crippen LogP contribution < -0.4 is 20.1 Å². The maximum Gasteiger partial charge on any atom is 0.313 e. The zero-order valence-corrected chi connectivity index (χ0v) is 24.8. The summed E-state index contributed by atoms with van der Waals surface area (Å²) >= 11 is 0. The van der Waals surface area contributed by atoms with Crippen LogP contribution in [-0.2, 0) is 14.3 Å². The number of anilines is 1. The summed E-state index contributed by atoms with van der Waals surface area (Å²) in [5, 5.41) is 14.1. The number of rotatable bonds is 9. The molecule has 45 heavy (non-hydrogen) atoms. The van der Waals surface area contributed by atoms with Crippen molar-refractivity contribution in [1.29, 1.82) is 0 Å². The van der Waals surface area contributed by atoms with Gasteiger partial charge in [-0.2, -0.15) is 0 Å². The molecular weight excluding hydrogens is 641 g/mol. The molecule has 2 aliphatic rings. The fourth-order valence-corrected chi connectivity index (χ4v) is 6.05. The number of ether oxygens (including phenoxy) is 3. The average Bonchev–Trinajstić information content (AvgIpc) is 2.94. The Morgan fingerprint density at radius 1 is 0.978 bits per heavy atom. The SMILES string of the molecule is COc1cc(F)c(O[C@H]2CC[C@@](C)(C(=O)O)CC2)cc1C(=O)N[C@@H]1COCC[C@@H]1C(=O)Nc1ccc(F)c(S(F)(F)(F)(F)F)c1. The summed E-state index contributed by atoms with van der Waals surface area (Å²) in [6.45, 7) is 1.41. The minimum Gasteiger partial charge on any atom is -0.496 e. The Kier molecular flexibility index (Phi) is 8.78. The lowest BCUT2D eigenvalue weighted by molar-refractivity contribution is -0.150. The highest BCUT2D eigenvalue weighted by Crippen LogP contribution is 3.02. The van der Waals surface area contributed by atoms with Crippen molar-refractivity contribution in [2.75, 3.05) is 25.6 Å². The molecule has 0 unspecified atom stereocenters. The van der Waals surface area contributed by atoms with E-state index in [9.17, 15) is 47.7 Å². The monoisotopic (exact) mass is 672 g/mol. The van der Waals surface area contributed by atoms with Crippen LogP contribution in [0.3, 0.4) is 0 Å². The first-order chi connectivity index (χ1) is 20.7. The molecule has 2 aromatic rings. The van der Waals surface area contributed by atoms with Gasteiger partial charge in [-0.1, -0.05) is 19.4 Å². The van der Waals surface area contributed by atoms with Crippen LogP contribution in [0, 0.1) is 23.0 Å². The van der Waals surface area contributed by atoms with Crippen molar-refractivity contribution >= 4 is 33.7 Å². The molecule has 250 valence electrons. The molecule has 2 fully saturated rings. The second-order valence-electron chi connectivity index (χ2n) is 11.3. The number of benzene rings is 2. The molecule has 1 heterocycles. The van der Waals surface area contributed by atoms with E-state index in [1.807, 2.05) is 0 Å². The van der Waals surface area contributed by atoms with Crippen molar-refractivity contribution < 1.29 is 61.9 Å². The van der Waals surface area contributed by atoms with Gasteiger partial charge in [0.1, 0.15) is 16.5 Å².